The van der Waals surface area contributed by atoms with Gasteiger partial charge in [-0.2, -0.15) is 0 Å². The van der Waals surface area contributed by atoms with Gasteiger partial charge in [0.1, 0.15) is 5.60 Å². The molecule has 0 amide bonds. The average Bonchev–Trinajstić information content (AvgIpc) is 2.68. The van der Waals surface area contributed by atoms with E-state index < -0.39 is 5.60 Å². The van der Waals surface area contributed by atoms with Crippen LogP contribution in [0.5, 0.6) is 0 Å². The lowest BCUT2D eigenvalue weighted by molar-refractivity contribution is -0.159. The Morgan fingerprint density at radius 1 is 1.06 bits per heavy atom. The predicted octanol–water partition coefficient (Wildman–Crippen LogP) is 6.15. The summed E-state index contributed by atoms with van der Waals surface area (Å²) in [5.41, 5.74) is 2.73. The van der Waals surface area contributed by atoms with E-state index in [-0.39, 0.29) is 24.1 Å². The molecule has 0 heterocycles. The molecule has 0 fully saturated rings. The largest absolute Gasteiger partial charge is 0.460 e. The standard InChI is InChI=1S/C26H31NO3S/c1-18-11-9-10-14-21(18)22(16-15-19(2)25(29)30-26(3,4)5)23(28)17-24(31)27-20-12-7-6-8-13-20/h6-14,16,19H,15,17H2,1-5H3,(H,27,31)/b22-16+. The molecule has 0 saturated carbocycles. The van der Waals surface area contributed by atoms with Gasteiger partial charge in [0, 0.05) is 11.3 Å². The highest BCUT2D eigenvalue weighted by molar-refractivity contribution is 7.80. The zero-order chi connectivity index (χ0) is 23.0. The summed E-state index contributed by atoms with van der Waals surface area (Å²) in [6, 6.07) is 17.3. The summed E-state index contributed by atoms with van der Waals surface area (Å²) in [4.78, 5) is 26.0. The number of carbonyl (C=O) groups excluding carboxylic acids is 2. The number of esters is 1. The lowest BCUT2D eigenvalue weighted by Crippen LogP contribution is -2.27. The van der Waals surface area contributed by atoms with Gasteiger partial charge in [0.05, 0.1) is 17.3 Å². The first-order valence-corrected chi connectivity index (χ1v) is 10.8. The van der Waals surface area contributed by atoms with Gasteiger partial charge >= 0.3 is 5.97 Å². The summed E-state index contributed by atoms with van der Waals surface area (Å²) in [7, 11) is 0. The second-order valence-corrected chi connectivity index (χ2v) is 9.11. The van der Waals surface area contributed by atoms with Crippen molar-refractivity contribution in [2.24, 2.45) is 5.92 Å². The van der Waals surface area contributed by atoms with Crippen LogP contribution in [0.1, 0.15) is 51.7 Å². The number of ketones is 1. The van der Waals surface area contributed by atoms with Crippen molar-refractivity contribution >= 4 is 40.2 Å². The number of Topliss-reactive ketones (excluding diaryl/α,β-unsaturated/α-hetero) is 1. The van der Waals surface area contributed by atoms with Crippen molar-refractivity contribution < 1.29 is 14.3 Å². The normalized spacial score (nSPS) is 12.7. The summed E-state index contributed by atoms with van der Waals surface area (Å²) in [5.74, 6) is -0.721. The fraction of sp³-hybridized carbons (Fsp3) is 0.346. The highest BCUT2D eigenvalue weighted by Crippen LogP contribution is 2.24. The molecule has 4 nitrogen and oxygen atoms in total. The number of anilines is 1. The molecule has 5 heteroatoms. The third-order valence-electron chi connectivity index (χ3n) is 4.60. The Balaban J connectivity index is 2.19. The van der Waals surface area contributed by atoms with Crippen LogP contribution < -0.4 is 5.32 Å². The first-order chi connectivity index (χ1) is 14.6. The van der Waals surface area contributed by atoms with Crippen LogP contribution in [0.3, 0.4) is 0 Å². The molecule has 0 aliphatic rings. The number of benzene rings is 2. The molecule has 0 radical (unpaired) electrons. The average molecular weight is 438 g/mol. The van der Waals surface area contributed by atoms with E-state index in [9.17, 15) is 9.59 Å². The third kappa shape index (κ3) is 8.10. The third-order valence-corrected chi connectivity index (χ3v) is 4.85. The zero-order valence-electron chi connectivity index (χ0n) is 18.9. The van der Waals surface area contributed by atoms with Crippen molar-refractivity contribution in [3.8, 4) is 0 Å². The van der Waals surface area contributed by atoms with Crippen molar-refractivity contribution in [2.75, 3.05) is 5.32 Å². The number of nitrogens with one attached hydrogen (secondary N) is 1. The van der Waals surface area contributed by atoms with Crippen molar-refractivity contribution in [2.45, 2.75) is 53.1 Å². The van der Waals surface area contributed by atoms with Gasteiger partial charge in [-0.3, -0.25) is 9.59 Å². The topological polar surface area (TPSA) is 55.4 Å². The van der Waals surface area contributed by atoms with Crippen molar-refractivity contribution in [1.82, 2.24) is 0 Å². The number of hydrogen-bond acceptors (Lipinski definition) is 4. The molecule has 2 rings (SSSR count). The smallest absolute Gasteiger partial charge is 0.309 e. The Kier molecular flexibility index (Phi) is 8.69. The van der Waals surface area contributed by atoms with E-state index >= 15 is 0 Å². The first kappa shape index (κ1) is 24.5. The molecule has 0 aromatic heterocycles. The van der Waals surface area contributed by atoms with Gasteiger partial charge < -0.3 is 10.1 Å². The second-order valence-electron chi connectivity index (χ2n) is 8.62. The lowest BCUT2D eigenvalue weighted by Gasteiger charge is -2.22. The minimum atomic E-state index is -0.543. The molecule has 0 saturated heterocycles. The molecular formula is C26H31NO3S. The van der Waals surface area contributed by atoms with Gasteiger partial charge in [-0.05, 0) is 57.4 Å². The van der Waals surface area contributed by atoms with Crippen molar-refractivity contribution in [3.63, 3.8) is 0 Å². The van der Waals surface area contributed by atoms with E-state index in [4.69, 9.17) is 17.0 Å². The summed E-state index contributed by atoms with van der Waals surface area (Å²) < 4.78 is 5.47. The maximum atomic E-state index is 13.2. The minimum absolute atomic E-state index is 0.0841. The Hall–Kier alpha value is -2.79. The van der Waals surface area contributed by atoms with Gasteiger partial charge in [0.25, 0.3) is 0 Å². The Bertz CT molecular complexity index is 958. The number of aryl methyl sites for hydroxylation is 1. The molecule has 0 bridgehead atoms. The maximum Gasteiger partial charge on any atom is 0.309 e. The number of rotatable bonds is 8. The number of ether oxygens (including phenoxy) is 1. The molecule has 1 N–H and O–H groups in total. The highest BCUT2D eigenvalue weighted by Gasteiger charge is 2.22. The van der Waals surface area contributed by atoms with Gasteiger partial charge in [-0.1, -0.05) is 67.7 Å². The molecule has 1 unspecified atom stereocenters. The fourth-order valence-electron chi connectivity index (χ4n) is 3.01. The van der Waals surface area contributed by atoms with E-state index in [2.05, 4.69) is 5.32 Å². The predicted molar refractivity (Wildman–Crippen MR) is 131 cm³/mol. The second kappa shape index (κ2) is 11.0. The minimum Gasteiger partial charge on any atom is -0.460 e. The van der Waals surface area contributed by atoms with Crippen LogP contribution in [0.15, 0.2) is 60.7 Å². The van der Waals surface area contributed by atoms with E-state index in [1.165, 1.54) is 0 Å². The fourth-order valence-corrected chi connectivity index (χ4v) is 3.26. The van der Waals surface area contributed by atoms with Gasteiger partial charge in [-0.15, -0.1) is 0 Å². The monoisotopic (exact) mass is 437 g/mol. The van der Waals surface area contributed by atoms with E-state index in [0.717, 1.165) is 16.8 Å². The molecule has 2 aromatic rings. The number of carbonyl (C=O) groups is 2. The molecule has 0 aliphatic carbocycles. The first-order valence-electron chi connectivity index (χ1n) is 10.4. The lowest BCUT2D eigenvalue weighted by atomic mass is 9.93. The number of allylic oxidation sites excluding steroid dienone is 2. The van der Waals surface area contributed by atoms with Crippen LogP contribution in [-0.2, 0) is 14.3 Å². The van der Waals surface area contributed by atoms with Crippen LogP contribution in [-0.4, -0.2) is 22.3 Å². The van der Waals surface area contributed by atoms with Gasteiger partial charge in [0.2, 0.25) is 0 Å². The number of hydrogen-bond donors (Lipinski definition) is 1. The Morgan fingerprint density at radius 2 is 1.68 bits per heavy atom. The van der Waals surface area contributed by atoms with Crippen LogP contribution in [0.2, 0.25) is 0 Å². The molecular weight excluding hydrogens is 406 g/mol. The number of thiocarbonyl (C=S) groups is 1. The van der Waals surface area contributed by atoms with E-state index in [1.54, 1.807) is 0 Å². The SMILES string of the molecule is Cc1ccccc1/C(=C\CC(C)C(=O)OC(C)(C)C)C(=O)CC(=S)Nc1ccccc1. The maximum absolute atomic E-state index is 13.2. The highest BCUT2D eigenvalue weighted by atomic mass is 32.1. The molecule has 1 atom stereocenters. The quantitative estimate of drug-likeness (QED) is 0.305. The van der Waals surface area contributed by atoms with Crippen LogP contribution in [0.25, 0.3) is 5.57 Å². The molecule has 2 aromatic carbocycles. The molecule has 0 aliphatic heterocycles. The summed E-state index contributed by atoms with van der Waals surface area (Å²) >= 11 is 5.42. The zero-order valence-corrected chi connectivity index (χ0v) is 19.7. The van der Waals surface area contributed by atoms with Crippen molar-refractivity contribution in [3.05, 3.63) is 71.8 Å². The van der Waals surface area contributed by atoms with E-state index in [1.807, 2.05) is 95.3 Å². The Morgan fingerprint density at radius 3 is 2.29 bits per heavy atom. The molecule has 0 spiro atoms. The molecule has 164 valence electrons. The summed E-state index contributed by atoms with van der Waals surface area (Å²) in [6.07, 6.45) is 2.33. The van der Waals surface area contributed by atoms with Crippen LogP contribution in [0.4, 0.5) is 5.69 Å². The van der Waals surface area contributed by atoms with Crippen LogP contribution >= 0.6 is 12.2 Å². The van der Waals surface area contributed by atoms with Crippen molar-refractivity contribution in [1.29, 1.82) is 0 Å². The Labute approximate surface area is 190 Å². The van der Waals surface area contributed by atoms with Gasteiger partial charge in [-0.25, -0.2) is 0 Å². The van der Waals surface area contributed by atoms with Gasteiger partial charge in [0.15, 0.2) is 5.78 Å². The molecule has 31 heavy (non-hydrogen) atoms. The van der Waals surface area contributed by atoms with E-state index in [0.29, 0.717) is 17.0 Å². The number of para-hydroxylation sites is 1. The van der Waals surface area contributed by atoms with Crippen LogP contribution in [0, 0.1) is 12.8 Å². The summed E-state index contributed by atoms with van der Waals surface area (Å²) in [5, 5.41) is 3.11. The summed E-state index contributed by atoms with van der Waals surface area (Å²) in [6.45, 7) is 9.31.